The molecular formula is CHCsOS. The van der Waals surface area contributed by atoms with Gasteiger partial charge >= 0.3 is 68.9 Å². The van der Waals surface area contributed by atoms with Crippen LogP contribution in [0.3, 0.4) is 0 Å². The first kappa shape index (κ1) is 9.28. The van der Waals surface area contributed by atoms with Crippen molar-refractivity contribution in [1.82, 2.24) is 0 Å². The van der Waals surface area contributed by atoms with Crippen LogP contribution in [0.15, 0.2) is 0 Å². The molecule has 18 valence electrons. The first-order chi connectivity index (χ1) is 1.41. The summed E-state index contributed by atoms with van der Waals surface area (Å²) in [6, 6.07) is 0. The third-order valence-electron chi connectivity index (χ3n) is 0. The second kappa shape index (κ2) is 8.85. The molecule has 0 atom stereocenters. The predicted octanol–water partition coefficient (Wildman–Crippen LogP) is -2.63. The minimum Gasteiger partial charge on any atom is -1.00 e. The quantitative estimate of drug-likeness (QED) is 0.392. The Hall–Kier alpha value is 1.85. The molecule has 0 aromatic carbocycles. The average molecular weight is 194 g/mol. The normalized spacial score (nSPS) is 2.00. The van der Waals surface area contributed by atoms with Crippen molar-refractivity contribution in [3.63, 3.8) is 0 Å². The second-order valence-electron chi connectivity index (χ2n) is 0.0833. The molecule has 0 aromatic heterocycles. The topological polar surface area (TPSA) is 17.1 Å². The first-order valence-corrected chi connectivity index (χ1v) is 0.816. The van der Waals surface area contributed by atoms with Gasteiger partial charge in [0.15, 0.2) is 0 Å². The zero-order chi connectivity index (χ0) is 2.71. The van der Waals surface area contributed by atoms with E-state index in [2.05, 4.69) is 12.2 Å². The van der Waals surface area contributed by atoms with Crippen LogP contribution in [0, 0.1) is 0 Å². The van der Waals surface area contributed by atoms with Gasteiger partial charge in [-0.3, -0.25) is 0 Å². The number of hydrogen-bond acceptors (Lipinski definition) is 2. The van der Waals surface area contributed by atoms with Crippen molar-refractivity contribution >= 4 is 17.5 Å². The fraction of sp³-hybridized carbons (Fsp3) is 0. The van der Waals surface area contributed by atoms with Gasteiger partial charge in [-0.15, -0.1) is 0 Å². The van der Waals surface area contributed by atoms with Crippen LogP contribution in [0.25, 0.3) is 0 Å². The van der Waals surface area contributed by atoms with Crippen molar-refractivity contribution < 1.29 is 75.1 Å². The number of carbonyl (C=O) groups excluding carboxylic acids is 1. The molecule has 1 nitrogen and oxygen atoms in total. The van der Waals surface area contributed by atoms with Gasteiger partial charge in [-0.2, -0.15) is 0 Å². The third-order valence-corrected chi connectivity index (χ3v) is 0. The summed E-state index contributed by atoms with van der Waals surface area (Å²) < 4.78 is 0. The fourth-order valence-corrected chi connectivity index (χ4v) is 0. The minimum absolute atomic E-state index is 0. The molecule has 0 heterocycles. The molecule has 0 saturated carbocycles. The molecule has 0 radical (unpaired) electrons. The van der Waals surface area contributed by atoms with E-state index in [-0.39, 0.29) is 70.3 Å². The molecule has 3 heteroatoms. The Morgan fingerprint density at radius 3 is 2.00 bits per heavy atom. The van der Waals surface area contributed by atoms with Crippen molar-refractivity contribution in [3.05, 3.63) is 0 Å². The third kappa shape index (κ3) is 9.13. The molecule has 0 N–H and O–H groups in total. The average Bonchev–Trinajstić information content (AvgIpc) is 0.918. The van der Waals surface area contributed by atoms with Crippen LogP contribution in [-0.4, -0.2) is 5.23 Å². The summed E-state index contributed by atoms with van der Waals surface area (Å²) in [5.74, 6) is 0. The van der Waals surface area contributed by atoms with Gasteiger partial charge in [-0.25, -0.2) is 4.79 Å². The fourth-order valence-electron chi connectivity index (χ4n) is 0. The van der Waals surface area contributed by atoms with Crippen molar-refractivity contribution in [2.45, 2.75) is 0 Å². The Kier molecular flexibility index (Phi) is 20.5. The van der Waals surface area contributed by atoms with Gasteiger partial charge in [-0.05, 0) is 0 Å². The summed E-state index contributed by atoms with van der Waals surface area (Å²) in [4.78, 5) is 8.50. The molecule has 0 aromatic rings. The van der Waals surface area contributed by atoms with Crippen LogP contribution in [0.1, 0.15) is 1.43 Å². The summed E-state index contributed by atoms with van der Waals surface area (Å²) in [5, 5.41) is 1.08. The maximum absolute atomic E-state index is 8.50. The number of rotatable bonds is 0. The number of hydrogen-bond donors (Lipinski definition) is 0. The largest absolute Gasteiger partial charge is 1.00 e. The van der Waals surface area contributed by atoms with Crippen LogP contribution in [0.5, 0.6) is 0 Å². The van der Waals surface area contributed by atoms with E-state index in [0.29, 0.717) is 0 Å². The van der Waals surface area contributed by atoms with Crippen LogP contribution in [0.2, 0.25) is 0 Å². The van der Waals surface area contributed by atoms with Crippen molar-refractivity contribution in [2.24, 2.45) is 0 Å². The molecule has 0 unspecified atom stereocenters. The zero-order valence-corrected chi connectivity index (χ0v) is 9.41. The molecule has 0 fully saturated rings. The molecule has 4 heavy (non-hydrogen) atoms. The summed E-state index contributed by atoms with van der Waals surface area (Å²) >= 11 is 3.59. The standard InChI is InChI=1S/COS.Cs.H/c2-1-3;;/q;+1;-1. The molecule has 0 bridgehead atoms. The first-order valence-electron chi connectivity index (χ1n) is 0.408. The van der Waals surface area contributed by atoms with E-state index in [9.17, 15) is 0 Å². The molecule has 0 spiro atoms. The van der Waals surface area contributed by atoms with Gasteiger partial charge in [0.25, 0.3) is 0 Å². The van der Waals surface area contributed by atoms with Crippen LogP contribution >= 0.6 is 12.2 Å². The Bertz CT molecular complexity index is 32.6. The molecule has 0 rings (SSSR count). The molecule has 0 aliphatic heterocycles. The van der Waals surface area contributed by atoms with Gasteiger partial charge in [0.1, 0.15) is 0 Å². The summed E-state index contributed by atoms with van der Waals surface area (Å²) in [7, 11) is 0. The van der Waals surface area contributed by atoms with Gasteiger partial charge in [-0.1, -0.05) is 0 Å². The van der Waals surface area contributed by atoms with E-state index >= 15 is 0 Å². The summed E-state index contributed by atoms with van der Waals surface area (Å²) in [5.41, 5.74) is 0. The molecule has 0 aliphatic carbocycles. The maximum Gasteiger partial charge on any atom is 1.00 e. The van der Waals surface area contributed by atoms with E-state index in [0.717, 1.165) is 5.23 Å². The van der Waals surface area contributed by atoms with E-state index in [4.69, 9.17) is 4.79 Å². The Balaban J connectivity index is -0.0000000200. The SMILES string of the molecule is O=C=S.[Cs+].[H-]. The molecule has 0 amide bonds. The van der Waals surface area contributed by atoms with E-state index in [1.54, 1.807) is 0 Å². The molecule has 0 saturated heterocycles. The van der Waals surface area contributed by atoms with Gasteiger partial charge in [0, 0.05) is 12.2 Å². The van der Waals surface area contributed by atoms with E-state index in [1.165, 1.54) is 0 Å². The van der Waals surface area contributed by atoms with Crippen LogP contribution < -0.4 is 68.9 Å². The monoisotopic (exact) mass is 194 g/mol. The van der Waals surface area contributed by atoms with E-state index in [1.807, 2.05) is 0 Å². The van der Waals surface area contributed by atoms with Gasteiger partial charge in [0.2, 0.25) is 5.23 Å². The second-order valence-corrected chi connectivity index (χ2v) is 0.250. The Morgan fingerprint density at radius 2 is 2.00 bits per heavy atom. The molecule has 0 aliphatic rings. The summed E-state index contributed by atoms with van der Waals surface area (Å²) in [6.45, 7) is 0. The van der Waals surface area contributed by atoms with E-state index < -0.39 is 0 Å². The van der Waals surface area contributed by atoms with Crippen LogP contribution in [0.4, 0.5) is 0 Å². The number of thiocarbonyl (C=S) groups is 1. The predicted molar refractivity (Wildman–Crippen MR) is 14.4 cm³/mol. The zero-order valence-electron chi connectivity index (χ0n) is 3.32. The summed E-state index contributed by atoms with van der Waals surface area (Å²) in [6.07, 6.45) is 0. The van der Waals surface area contributed by atoms with Crippen molar-refractivity contribution in [3.8, 4) is 0 Å². The Morgan fingerprint density at radius 1 is 2.00 bits per heavy atom. The minimum atomic E-state index is 0. The van der Waals surface area contributed by atoms with Crippen molar-refractivity contribution in [2.75, 3.05) is 0 Å². The smallest absolute Gasteiger partial charge is 1.00 e. The maximum atomic E-state index is 8.50. The Labute approximate surface area is 90.0 Å². The van der Waals surface area contributed by atoms with Gasteiger partial charge in [0.05, 0.1) is 0 Å². The van der Waals surface area contributed by atoms with Gasteiger partial charge < -0.3 is 1.43 Å². The van der Waals surface area contributed by atoms with Crippen LogP contribution in [-0.2, 0) is 4.79 Å². The van der Waals surface area contributed by atoms with Crippen molar-refractivity contribution in [1.29, 1.82) is 0 Å². The molecular weight excluding hydrogens is 193 g/mol.